The van der Waals surface area contributed by atoms with Crippen molar-refractivity contribution in [1.29, 1.82) is 0 Å². The minimum atomic E-state index is -0.687. The molecule has 0 unspecified atom stereocenters. The molecule has 2 aliphatic heterocycles. The van der Waals surface area contributed by atoms with Crippen molar-refractivity contribution in [2.45, 2.75) is 6.54 Å². The molecule has 0 saturated carbocycles. The molecule has 2 aliphatic rings. The zero-order valence-electron chi connectivity index (χ0n) is 15.8. The highest BCUT2D eigenvalue weighted by Crippen LogP contribution is 2.24. The summed E-state index contributed by atoms with van der Waals surface area (Å²) >= 11 is 0. The summed E-state index contributed by atoms with van der Waals surface area (Å²) in [5, 5.41) is 10.7. The van der Waals surface area contributed by atoms with E-state index < -0.39 is 16.7 Å². The second-order valence-electron chi connectivity index (χ2n) is 7.26. The molecular weight excluding hydrogens is 378 g/mol. The van der Waals surface area contributed by atoms with Gasteiger partial charge in [-0.1, -0.05) is 0 Å². The predicted molar refractivity (Wildman–Crippen MR) is 101 cm³/mol. The minimum absolute atomic E-state index is 0.0584. The molecule has 2 amide bonds. The van der Waals surface area contributed by atoms with Crippen molar-refractivity contribution in [1.82, 2.24) is 19.7 Å². The summed E-state index contributed by atoms with van der Waals surface area (Å²) in [5.74, 6) is -1.14. The van der Waals surface area contributed by atoms with Crippen LogP contribution in [0.2, 0.25) is 0 Å². The summed E-state index contributed by atoms with van der Waals surface area (Å²) in [6, 6.07) is 6.43. The average molecular weight is 399 g/mol. The van der Waals surface area contributed by atoms with Gasteiger partial charge in [-0.15, -0.1) is 0 Å². The molecular formula is C19H21N5O5. The highest BCUT2D eigenvalue weighted by Gasteiger charge is 2.39. The van der Waals surface area contributed by atoms with E-state index in [1.165, 1.54) is 16.5 Å². The van der Waals surface area contributed by atoms with Crippen molar-refractivity contribution in [3.63, 3.8) is 0 Å². The molecule has 0 radical (unpaired) electrons. The second-order valence-corrected chi connectivity index (χ2v) is 7.26. The van der Waals surface area contributed by atoms with E-state index in [9.17, 15) is 19.7 Å². The third-order valence-electron chi connectivity index (χ3n) is 5.34. The van der Waals surface area contributed by atoms with Gasteiger partial charge in [0.15, 0.2) is 5.76 Å². The fourth-order valence-electron chi connectivity index (χ4n) is 3.63. The summed E-state index contributed by atoms with van der Waals surface area (Å²) in [4.78, 5) is 44.6. The van der Waals surface area contributed by atoms with Crippen molar-refractivity contribution in [2.75, 3.05) is 39.3 Å². The quantitative estimate of drug-likeness (QED) is 0.544. The molecule has 10 nitrogen and oxygen atoms in total. The molecule has 0 aromatic carbocycles. The van der Waals surface area contributed by atoms with Crippen molar-refractivity contribution in [3.8, 4) is 0 Å². The van der Waals surface area contributed by atoms with E-state index in [1.54, 1.807) is 12.4 Å². The fourth-order valence-corrected chi connectivity index (χ4v) is 3.63. The Bertz CT molecular complexity index is 901. The highest BCUT2D eigenvalue weighted by molar-refractivity contribution is 5.94. The van der Waals surface area contributed by atoms with Gasteiger partial charge < -0.3 is 14.2 Å². The van der Waals surface area contributed by atoms with Gasteiger partial charge in [-0.05, 0) is 23.8 Å². The van der Waals surface area contributed by atoms with Crippen LogP contribution in [0.4, 0.5) is 5.88 Å². The molecule has 152 valence electrons. The molecule has 29 heavy (non-hydrogen) atoms. The van der Waals surface area contributed by atoms with Gasteiger partial charge in [0, 0.05) is 58.2 Å². The van der Waals surface area contributed by atoms with Gasteiger partial charge in [0.1, 0.15) is 4.92 Å². The molecule has 0 spiro atoms. The number of likely N-dealkylation sites (tertiary alicyclic amines) is 1. The molecule has 2 aromatic rings. The third kappa shape index (κ3) is 4.11. The fraction of sp³-hybridized carbons (Fsp3) is 0.421. The number of furan rings is 1. The summed E-state index contributed by atoms with van der Waals surface area (Å²) < 4.78 is 4.94. The standard InChI is InChI=1S/C19H21N5O5/c25-18(22-9-7-21(8-10-22)11-14-3-5-20-6-4-14)15-12-23(13-15)19(26)16-1-2-17(29-16)24(27)28/h1-6,15H,7-13H2. The maximum Gasteiger partial charge on any atom is 0.433 e. The number of nitro groups is 1. The van der Waals surface area contributed by atoms with E-state index in [1.807, 2.05) is 17.0 Å². The third-order valence-corrected chi connectivity index (χ3v) is 5.34. The summed E-state index contributed by atoms with van der Waals surface area (Å²) in [6.45, 7) is 4.40. The first-order chi connectivity index (χ1) is 14.0. The van der Waals surface area contributed by atoms with Crippen LogP contribution in [0.5, 0.6) is 0 Å². The maximum absolute atomic E-state index is 12.7. The Hall–Kier alpha value is -3.27. The Balaban J connectivity index is 1.23. The van der Waals surface area contributed by atoms with Crippen LogP contribution in [-0.2, 0) is 11.3 Å². The van der Waals surface area contributed by atoms with Crippen LogP contribution >= 0.6 is 0 Å². The van der Waals surface area contributed by atoms with E-state index in [4.69, 9.17) is 4.42 Å². The Labute approximate surface area is 166 Å². The van der Waals surface area contributed by atoms with E-state index in [2.05, 4.69) is 9.88 Å². The van der Waals surface area contributed by atoms with Crippen LogP contribution in [-0.4, -0.2) is 75.7 Å². The van der Waals surface area contributed by atoms with Gasteiger partial charge >= 0.3 is 5.88 Å². The van der Waals surface area contributed by atoms with Crippen LogP contribution < -0.4 is 0 Å². The SMILES string of the molecule is O=C(c1ccc([N+](=O)[O-])o1)N1CC(C(=O)N2CCN(Cc3ccncc3)CC2)C1. The van der Waals surface area contributed by atoms with Gasteiger partial charge in [-0.25, -0.2) is 0 Å². The van der Waals surface area contributed by atoms with Crippen LogP contribution in [0, 0.1) is 16.0 Å². The van der Waals surface area contributed by atoms with E-state index in [0.717, 1.165) is 25.7 Å². The maximum atomic E-state index is 12.7. The topological polar surface area (TPSA) is 113 Å². The zero-order chi connectivity index (χ0) is 20.4. The number of hydrogen-bond acceptors (Lipinski definition) is 7. The van der Waals surface area contributed by atoms with Gasteiger partial charge in [-0.2, -0.15) is 0 Å². The summed E-state index contributed by atoms with van der Waals surface area (Å²) in [6.07, 6.45) is 3.55. The van der Waals surface area contributed by atoms with Crippen molar-refractivity contribution in [2.24, 2.45) is 5.92 Å². The van der Waals surface area contributed by atoms with Crippen molar-refractivity contribution in [3.05, 3.63) is 58.1 Å². The zero-order valence-corrected chi connectivity index (χ0v) is 15.8. The number of amides is 2. The van der Waals surface area contributed by atoms with Gasteiger partial charge in [-0.3, -0.25) is 29.6 Å². The molecule has 10 heteroatoms. The van der Waals surface area contributed by atoms with Crippen molar-refractivity contribution >= 4 is 17.7 Å². The Morgan fingerprint density at radius 1 is 1.07 bits per heavy atom. The first-order valence-corrected chi connectivity index (χ1v) is 9.45. The monoisotopic (exact) mass is 399 g/mol. The number of pyridine rings is 1. The normalized spacial score (nSPS) is 17.8. The lowest BCUT2D eigenvalue weighted by atomic mass is 9.97. The smallest absolute Gasteiger partial charge is 0.395 e. The number of carbonyl (C=O) groups excluding carboxylic acids is 2. The van der Waals surface area contributed by atoms with E-state index in [-0.39, 0.29) is 17.6 Å². The molecule has 2 aromatic heterocycles. The van der Waals surface area contributed by atoms with Crippen LogP contribution in [0.25, 0.3) is 0 Å². The largest absolute Gasteiger partial charge is 0.433 e. The summed E-state index contributed by atoms with van der Waals surface area (Å²) in [5.41, 5.74) is 1.20. The number of hydrogen-bond donors (Lipinski definition) is 0. The number of rotatable bonds is 5. The first kappa shape index (κ1) is 19.1. The minimum Gasteiger partial charge on any atom is -0.395 e. The number of piperazine rings is 1. The number of nitrogens with zero attached hydrogens (tertiary/aromatic N) is 5. The predicted octanol–water partition coefficient (Wildman–Crippen LogP) is 0.999. The molecule has 0 atom stereocenters. The molecule has 2 fully saturated rings. The molecule has 2 saturated heterocycles. The Morgan fingerprint density at radius 2 is 1.76 bits per heavy atom. The number of aromatic nitrogens is 1. The molecule has 4 rings (SSSR count). The Morgan fingerprint density at radius 3 is 2.38 bits per heavy atom. The second kappa shape index (κ2) is 8.00. The summed E-state index contributed by atoms with van der Waals surface area (Å²) in [7, 11) is 0. The molecule has 0 N–H and O–H groups in total. The van der Waals surface area contributed by atoms with Crippen LogP contribution in [0.1, 0.15) is 16.1 Å². The van der Waals surface area contributed by atoms with Crippen LogP contribution in [0.15, 0.2) is 41.1 Å². The van der Waals surface area contributed by atoms with Crippen molar-refractivity contribution < 1.29 is 18.9 Å². The lowest BCUT2D eigenvalue weighted by Gasteiger charge is -2.42. The van der Waals surface area contributed by atoms with Gasteiger partial charge in [0.05, 0.1) is 12.0 Å². The molecule has 4 heterocycles. The molecule has 0 bridgehead atoms. The van der Waals surface area contributed by atoms with Crippen LogP contribution in [0.3, 0.4) is 0 Å². The Kier molecular flexibility index (Phi) is 5.26. The van der Waals surface area contributed by atoms with Gasteiger partial charge in [0.2, 0.25) is 5.91 Å². The first-order valence-electron chi connectivity index (χ1n) is 9.45. The lowest BCUT2D eigenvalue weighted by molar-refractivity contribution is -0.402. The average Bonchev–Trinajstić information content (AvgIpc) is 3.19. The van der Waals surface area contributed by atoms with E-state index in [0.29, 0.717) is 26.2 Å². The number of carbonyl (C=O) groups is 2. The molecule has 0 aliphatic carbocycles. The lowest BCUT2D eigenvalue weighted by Crippen LogP contribution is -2.59. The van der Waals surface area contributed by atoms with Gasteiger partial charge in [0.25, 0.3) is 5.91 Å². The van der Waals surface area contributed by atoms with E-state index >= 15 is 0 Å². The highest BCUT2D eigenvalue weighted by atomic mass is 16.6.